The van der Waals surface area contributed by atoms with Crippen LogP contribution in [0.1, 0.15) is 6.42 Å². The summed E-state index contributed by atoms with van der Waals surface area (Å²) in [6.45, 7) is 1.74. The van der Waals surface area contributed by atoms with Crippen molar-refractivity contribution in [2.45, 2.75) is 12.5 Å². The van der Waals surface area contributed by atoms with Gasteiger partial charge in [-0.3, -0.25) is 0 Å². The Morgan fingerprint density at radius 2 is 2.23 bits per heavy atom. The lowest BCUT2D eigenvalue weighted by Crippen LogP contribution is -2.40. The summed E-state index contributed by atoms with van der Waals surface area (Å²) in [4.78, 5) is 18.1. The number of benzene rings is 1. The molecular formula is C16H18ClN3O2. The number of likely N-dealkylation sites (tertiary alicyclic amines) is 1. The molecule has 1 N–H and O–H groups in total. The van der Waals surface area contributed by atoms with Gasteiger partial charge in [0.1, 0.15) is 6.10 Å². The zero-order chi connectivity index (χ0) is 15.4. The SMILES string of the molecule is O=C(NCCCl)N1CCC(Oc2ccc3ccccc3n2)C1. The summed E-state index contributed by atoms with van der Waals surface area (Å²) >= 11 is 5.57. The number of carbonyl (C=O) groups is 1. The van der Waals surface area contributed by atoms with E-state index in [0.717, 1.165) is 17.3 Å². The van der Waals surface area contributed by atoms with Crippen molar-refractivity contribution in [1.82, 2.24) is 15.2 Å². The lowest BCUT2D eigenvalue weighted by atomic mass is 10.2. The predicted octanol–water partition coefficient (Wildman–Crippen LogP) is 2.64. The highest BCUT2D eigenvalue weighted by atomic mass is 35.5. The van der Waals surface area contributed by atoms with E-state index in [2.05, 4.69) is 10.3 Å². The third-order valence-electron chi connectivity index (χ3n) is 3.66. The molecule has 6 heteroatoms. The average molecular weight is 320 g/mol. The first kappa shape index (κ1) is 14.9. The number of urea groups is 1. The fourth-order valence-corrected chi connectivity index (χ4v) is 2.65. The van der Waals surface area contributed by atoms with Crippen molar-refractivity contribution in [3.8, 4) is 5.88 Å². The van der Waals surface area contributed by atoms with Crippen LogP contribution in [0, 0.1) is 0 Å². The van der Waals surface area contributed by atoms with Gasteiger partial charge in [0.2, 0.25) is 5.88 Å². The van der Waals surface area contributed by atoms with Crippen LogP contribution in [0.5, 0.6) is 5.88 Å². The van der Waals surface area contributed by atoms with Crippen molar-refractivity contribution in [2.75, 3.05) is 25.5 Å². The molecule has 0 bridgehead atoms. The second kappa shape index (κ2) is 6.83. The fraction of sp³-hybridized carbons (Fsp3) is 0.375. The maximum absolute atomic E-state index is 11.9. The Balaban J connectivity index is 1.60. The third kappa shape index (κ3) is 3.42. The Bertz CT molecular complexity index is 665. The lowest BCUT2D eigenvalue weighted by Gasteiger charge is -2.17. The highest BCUT2D eigenvalue weighted by Crippen LogP contribution is 2.20. The minimum absolute atomic E-state index is 0.0181. The minimum atomic E-state index is -0.0850. The van der Waals surface area contributed by atoms with Crippen molar-refractivity contribution in [2.24, 2.45) is 0 Å². The van der Waals surface area contributed by atoms with Crippen LogP contribution in [0.2, 0.25) is 0 Å². The van der Waals surface area contributed by atoms with Crippen LogP contribution < -0.4 is 10.1 Å². The van der Waals surface area contributed by atoms with Crippen molar-refractivity contribution in [3.63, 3.8) is 0 Å². The van der Waals surface area contributed by atoms with E-state index in [-0.39, 0.29) is 12.1 Å². The van der Waals surface area contributed by atoms with Crippen molar-refractivity contribution in [1.29, 1.82) is 0 Å². The molecule has 22 heavy (non-hydrogen) atoms. The number of para-hydroxylation sites is 1. The summed E-state index contributed by atoms with van der Waals surface area (Å²) in [5.74, 6) is 1.02. The number of rotatable bonds is 4. The standard InChI is InChI=1S/C16H18ClN3O2/c17-8-9-18-16(21)20-10-7-13(11-20)22-15-6-5-12-3-1-2-4-14(12)19-15/h1-6,13H,7-11H2,(H,18,21). The number of fused-ring (bicyclic) bond motifs is 1. The largest absolute Gasteiger partial charge is 0.472 e. The van der Waals surface area contributed by atoms with Gasteiger partial charge in [-0.2, -0.15) is 0 Å². The van der Waals surface area contributed by atoms with E-state index in [1.807, 2.05) is 36.4 Å². The highest BCUT2D eigenvalue weighted by molar-refractivity contribution is 6.18. The molecule has 116 valence electrons. The summed E-state index contributed by atoms with van der Waals surface area (Å²) in [6.07, 6.45) is 0.790. The fourth-order valence-electron chi connectivity index (χ4n) is 2.56. The number of hydrogen-bond donors (Lipinski definition) is 1. The molecule has 1 aromatic carbocycles. The number of aromatic nitrogens is 1. The Morgan fingerprint density at radius 1 is 1.36 bits per heavy atom. The maximum Gasteiger partial charge on any atom is 0.317 e. The van der Waals surface area contributed by atoms with Gasteiger partial charge in [-0.05, 0) is 12.1 Å². The average Bonchev–Trinajstić information content (AvgIpc) is 3.01. The van der Waals surface area contributed by atoms with Gasteiger partial charge in [0.25, 0.3) is 0 Å². The first-order valence-corrected chi connectivity index (χ1v) is 7.91. The zero-order valence-electron chi connectivity index (χ0n) is 12.2. The van der Waals surface area contributed by atoms with Gasteiger partial charge >= 0.3 is 6.03 Å². The van der Waals surface area contributed by atoms with E-state index >= 15 is 0 Å². The quantitative estimate of drug-likeness (QED) is 0.881. The molecule has 1 aliphatic heterocycles. The first-order chi connectivity index (χ1) is 10.8. The van der Waals surface area contributed by atoms with Crippen molar-refractivity contribution >= 4 is 28.5 Å². The van der Waals surface area contributed by atoms with Gasteiger partial charge < -0.3 is 15.0 Å². The normalized spacial score (nSPS) is 17.7. The molecule has 2 heterocycles. The topological polar surface area (TPSA) is 54.5 Å². The van der Waals surface area contributed by atoms with Gasteiger partial charge in [0.15, 0.2) is 0 Å². The van der Waals surface area contributed by atoms with E-state index in [4.69, 9.17) is 16.3 Å². The Labute approximate surface area is 134 Å². The van der Waals surface area contributed by atoms with Gasteiger partial charge in [0, 0.05) is 36.8 Å². The predicted molar refractivity (Wildman–Crippen MR) is 86.5 cm³/mol. The van der Waals surface area contributed by atoms with Crippen molar-refractivity contribution < 1.29 is 9.53 Å². The van der Waals surface area contributed by atoms with Gasteiger partial charge in [0.05, 0.1) is 12.1 Å². The number of ether oxygens (including phenoxy) is 1. The minimum Gasteiger partial charge on any atom is -0.472 e. The molecule has 3 rings (SSSR count). The smallest absolute Gasteiger partial charge is 0.317 e. The Kier molecular flexibility index (Phi) is 4.63. The van der Waals surface area contributed by atoms with Gasteiger partial charge in [-0.1, -0.05) is 18.2 Å². The monoisotopic (exact) mass is 319 g/mol. The molecule has 1 aromatic heterocycles. The Morgan fingerprint density at radius 3 is 3.09 bits per heavy atom. The molecule has 2 aromatic rings. The molecule has 1 atom stereocenters. The summed E-state index contributed by atoms with van der Waals surface area (Å²) in [5.41, 5.74) is 0.912. The summed E-state index contributed by atoms with van der Waals surface area (Å²) in [5, 5.41) is 3.85. The number of nitrogens with one attached hydrogen (secondary N) is 1. The summed E-state index contributed by atoms with van der Waals surface area (Å²) in [7, 11) is 0. The van der Waals surface area contributed by atoms with E-state index in [1.165, 1.54) is 0 Å². The van der Waals surface area contributed by atoms with E-state index in [1.54, 1.807) is 4.90 Å². The molecule has 0 saturated carbocycles. The lowest BCUT2D eigenvalue weighted by molar-refractivity contribution is 0.184. The molecule has 0 radical (unpaired) electrons. The van der Waals surface area contributed by atoms with Crippen LogP contribution in [0.25, 0.3) is 10.9 Å². The van der Waals surface area contributed by atoms with Crippen LogP contribution in [-0.4, -0.2) is 47.5 Å². The maximum atomic E-state index is 11.9. The van der Waals surface area contributed by atoms with Crippen LogP contribution >= 0.6 is 11.6 Å². The molecule has 2 amide bonds. The molecule has 1 unspecified atom stereocenters. The molecule has 1 fully saturated rings. The summed E-state index contributed by atoms with van der Waals surface area (Å²) in [6, 6.07) is 11.7. The number of halogens is 1. The van der Waals surface area contributed by atoms with Gasteiger partial charge in [-0.25, -0.2) is 9.78 Å². The molecule has 1 saturated heterocycles. The molecule has 1 aliphatic rings. The highest BCUT2D eigenvalue weighted by Gasteiger charge is 2.27. The van der Waals surface area contributed by atoms with Crippen LogP contribution in [0.4, 0.5) is 4.79 Å². The molecule has 5 nitrogen and oxygen atoms in total. The second-order valence-electron chi connectivity index (χ2n) is 5.24. The number of carbonyl (C=O) groups excluding carboxylic acids is 1. The second-order valence-corrected chi connectivity index (χ2v) is 5.62. The summed E-state index contributed by atoms with van der Waals surface area (Å²) < 4.78 is 5.91. The van der Waals surface area contributed by atoms with E-state index < -0.39 is 0 Å². The molecule has 0 aliphatic carbocycles. The number of alkyl halides is 1. The number of pyridine rings is 1. The number of hydrogen-bond acceptors (Lipinski definition) is 3. The van der Waals surface area contributed by atoms with Crippen LogP contribution in [0.15, 0.2) is 36.4 Å². The van der Waals surface area contributed by atoms with Crippen LogP contribution in [0.3, 0.4) is 0 Å². The van der Waals surface area contributed by atoms with Crippen molar-refractivity contribution in [3.05, 3.63) is 36.4 Å². The Hall–Kier alpha value is -2.01. The van der Waals surface area contributed by atoms with Crippen LogP contribution in [-0.2, 0) is 0 Å². The zero-order valence-corrected chi connectivity index (χ0v) is 12.9. The third-order valence-corrected chi connectivity index (χ3v) is 3.85. The molecular weight excluding hydrogens is 302 g/mol. The van der Waals surface area contributed by atoms with E-state index in [0.29, 0.717) is 31.4 Å². The van der Waals surface area contributed by atoms with Gasteiger partial charge in [-0.15, -0.1) is 11.6 Å². The number of nitrogens with zero attached hydrogens (tertiary/aromatic N) is 2. The first-order valence-electron chi connectivity index (χ1n) is 7.37. The van der Waals surface area contributed by atoms with E-state index in [9.17, 15) is 4.79 Å². The molecule has 0 spiro atoms. The number of amides is 2.